The molecule has 3 heterocycles. The molecule has 0 spiro atoms. The maximum atomic E-state index is 5.89. The second kappa shape index (κ2) is 5.13. The van der Waals surface area contributed by atoms with E-state index in [9.17, 15) is 0 Å². The largest absolute Gasteiger partial charge is 0.480 e. The van der Waals surface area contributed by atoms with Gasteiger partial charge in [0.15, 0.2) is 11.9 Å². The minimum absolute atomic E-state index is 0.162. The van der Waals surface area contributed by atoms with Crippen molar-refractivity contribution in [3.05, 3.63) is 41.5 Å². The number of hydrogen-bond acceptors (Lipinski definition) is 6. The number of hydrogen-bond donors (Lipinski definition) is 1. The van der Waals surface area contributed by atoms with Crippen molar-refractivity contribution in [2.45, 2.75) is 18.6 Å². The van der Waals surface area contributed by atoms with E-state index < -0.39 is 0 Å². The molecule has 1 saturated heterocycles. The van der Waals surface area contributed by atoms with Crippen molar-refractivity contribution in [1.82, 2.24) is 20.4 Å². The van der Waals surface area contributed by atoms with Gasteiger partial charge in [-0.2, -0.15) is 4.98 Å². The number of ether oxygens (including phenoxy) is 1. The number of fused-ring (bicyclic) bond motifs is 1. The number of piperazine rings is 1. The third kappa shape index (κ3) is 2.30. The summed E-state index contributed by atoms with van der Waals surface area (Å²) in [5, 5.41) is 7.51. The Kier molecular flexibility index (Phi) is 3.12. The standard InChI is InChI=1S/C15H18N4O2/c1-19-7-6-16-9-11(19)14-17-15(21-18-14)13-8-10-4-2-3-5-12(10)20-13/h2-5,11,13,16H,6-9H2,1H3. The van der Waals surface area contributed by atoms with Crippen molar-refractivity contribution in [2.75, 3.05) is 26.7 Å². The highest BCUT2D eigenvalue weighted by Gasteiger charge is 2.31. The number of likely N-dealkylation sites (N-methyl/N-ethyl adjacent to an activating group) is 1. The highest BCUT2D eigenvalue weighted by Crippen LogP contribution is 2.36. The summed E-state index contributed by atoms with van der Waals surface area (Å²) >= 11 is 0. The van der Waals surface area contributed by atoms with Crippen LogP contribution in [-0.4, -0.2) is 41.7 Å². The van der Waals surface area contributed by atoms with Crippen molar-refractivity contribution < 1.29 is 9.26 Å². The van der Waals surface area contributed by atoms with E-state index >= 15 is 0 Å². The fourth-order valence-corrected chi connectivity index (χ4v) is 2.93. The van der Waals surface area contributed by atoms with Crippen LogP contribution in [0.5, 0.6) is 5.75 Å². The molecule has 110 valence electrons. The van der Waals surface area contributed by atoms with Crippen LogP contribution in [0.3, 0.4) is 0 Å². The Hall–Kier alpha value is -1.92. The average molecular weight is 286 g/mol. The van der Waals surface area contributed by atoms with E-state index in [2.05, 4.69) is 33.5 Å². The number of aromatic nitrogens is 2. The molecule has 1 aromatic heterocycles. The Balaban J connectivity index is 1.53. The Labute approximate surface area is 123 Å². The summed E-state index contributed by atoms with van der Waals surface area (Å²) in [5.74, 6) is 2.22. The number of para-hydroxylation sites is 1. The van der Waals surface area contributed by atoms with Gasteiger partial charge in [-0.15, -0.1) is 0 Å². The number of nitrogens with one attached hydrogen (secondary N) is 1. The first-order valence-electron chi connectivity index (χ1n) is 7.30. The second-order valence-electron chi connectivity index (χ2n) is 5.61. The molecule has 4 rings (SSSR count). The molecule has 6 nitrogen and oxygen atoms in total. The van der Waals surface area contributed by atoms with Crippen LogP contribution in [0.15, 0.2) is 28.8 Å². The van der Waals surface area contributed by atoms with Crippen molar-refractivity contribution in [2.24, 2.45) is 0 Å². The summed E-state index contributed by atoms with van der Waals surface area (Å²) in [6, 6.07) is 8.21. The predicted molar refractivity (Wildman–Crippen MR) is 76.1 cm³/mol. The first-order chi connectivity index (χ1) is 10.3. The Bertz CT molecular complexity index is 617. The Morgan fingerprint density at radius 3 is 3.10 bits per heavy atom. The molecule has 2 unspecified atom stereocenters. The minimum Gasteiger partial charge on any atom is -0.480 e. The summed E-state index contributed by atoms with van der Waals surface area (Å²) in [7, 11) is 2.09. The molecule has 1 N–H and O–H groups in total. The second-order valence-corrected chi connectivity index (χ2v) is 5.61. The molecule has 0 radical (unpaired) electrons. The van der Waals surface area contributed by atoms with Gasteiger partial charge in [-0.05, 0) is 18.7 Å². The van der Waals surface area contributed by atoms with Crippen LogP contribution in [0.4, 0.5) is 0 Å². The average Bonchev–Trinajstić information content (AvgIpc) is 3.14. The van der Waals surface area contributed by atoms with Gasteiger partial charge in [0.05, 0.1) is 6.04 Å². The van der Waals surface area contributed by atoms with Crippen LogP contribution < -0.4 is 10.1 Å². The topological polar surface area (TPSA) is 63.4 Å². The van der Waals surface area contributed by atoms with E-state index in [0.717, 1.165) is 37.6 Å². The molecule has 2 aromatic rings. The van der Waals surface area contributed by atoms with Gasteiger partial charge in [0, 0.05) is 26.1 Å². The van der Waals surface area contributed by atoms with Crippen LogP contribution >= 0.6 is 0 Å². The zero-order valence-corrected chi connectivity index (χ0v) is 12.0. The van der Waals surface area contributed by atoms with Crippen LogP contribution in [0, 0.1) is 0 Å². The number of rotatable bonds is 2. The third-order valence-electron chi connectivity index (χ3n) is 4.19. The van der Waals surface area contributed by atoms with E-state index in [4.69, 9.17) is 9.26 Å². The minimum atomic E-state index is -0.162. The van der Waals surface area contributed by atoms with E-state index in [-0.39, 0.29) is 12.1 Å². The van der Waals surface area contributed by atoms with Crippen LogP contribution in [0.2, 0.25) is 0 Å². The molecular formula is C15H18N4O2. The van der Waals surface area contributed by atoms with Gasteiger partial charge < -0.3 is 14.6 Å². The lowest BCUT2D eigenvalue weighted by Crippen LogP contribution is -2.44. The number of nitrogens with zero attached hydrogens (tertiary/aromatic N) is 3. The molecule has 6 heteroatoms. The van der Waals surface area contributed by atoms with Crippen molar-refractivity contribution >= 4 is 0 Å². The summed E-state index contributed by atoms with van der Waals surface area (Å²) in [6.45, 7) is 2.83. The Morgan fingerprint density at radius 2 is 2.24 bits per heavy atom. The number of benzene rings is 1. The van der Waals surface area contributed by atoms with Gasteiger partial charge in [0.2, 0.25) is 0 Å². The fraction of sp³-hybridized carbons (Fsp3) is 0.467. The van der Waals surface area contributed by atoms with Gasteiger partial charge in [0.25, 0.3) is 5.89 Å². The van der Waals surface area contributed by atoms with Crippen LogP contribution in [0.1, 0.15) is 29.4 Å². The molecule has 1 aromatic carbocycles. The van der Waals surface area contributed by atoms with Crippen LogP contribution in [-0.2, 0) is 6.42 Å². The van der Waals surface area contributed by atoms with E-state index in [1.165, 1.54) is 5.56 Å². The molecule has 2 aliphatic heterocycles. The molecular weight excluding hydrogens is 268 g/mol. The molecule has 0 amide bonds. The zero-order chi connectivity index (χ0) is 14.2. The molecule has 2 atom stereocenters. The lowest BCUT2D eigenvalue weighted by Gasteiger charge is -2.30. The highest BCUT2D eigenvalue weighted by molar-refractivity contribution is 5.37. The molecule has 0 bridgehead atoms. The quantitative estimate of drug-likeness (QED) is 0.898. The van der Waals surface area contributed by atoms with Crippen molar-refractivity contribution in [1.29, 1.82) is 0 Å². The Morgan fingerprint density at radius 1 is 1.33 bits per heavy atom. The lowest BCUT2D eigenvalue weighted by atomic mass is 10.1. The van der Waals surface area contributed by atoms with Gasteiger partial charge in [-0.3, -0.25) is 4.90 Å². The maximum absolute atomic E-state index is 5.89. The maximum Gasteiger partial charge on any atom is 0.268 e. The van der Waals surface area contributed by atoms with Gasteiger partial charge in [-0.25, -0.2) is 0 Å². The molecule has 21 heavy (non-hydrogen) atoms. The van der Waals surface area contributed by atoms with E-state index in [1.807, 2.05) is 18.2 Å². The highest BCUT2D eigenvalue weighted by atomic mass is 16.5. The van der Waals surface area contributed by atoms with Crippen molar-refractivity contribution in [3.63, 3.8) is 0 Å². The summed E-state index contributed by atoms with van der Waals surface area (Å²) in [5.41, 5.74) is 1.19. The van der Waals surface area contributed by atoms with Crippen LogP contribution in [0.25, 0.3) is 0 Å². The van der Waals surface area contributed by atoms with Gasteiger partial charge in [-0.1, -0.05) is 23.4 Å². The predicted octanol–water partition coefficient (Wildman–Crippen LogP) is 1.32. The SMILES string of the molecule is CN1CCNCC1c1noc(C2Cc3ccccc3O2)n1. The normalized spacial score (nSPS) is 25.6. The smallest absolute Gasteiger partial charge is 0.268 e. The zero-order valence-electron chi connectivity index (χ0n) is 12.0. The van der Waals surface area contributed by atoms with E-state index in [1.54, 1.807) is 0 Å². The van der Waals surface area contributed by atoms with Crippen molar-refractivity contribution in [3.8, 4) is 5.75 Å². The van der Waals surface area contributed by atoms with Gasteiger partial charge in [0.1, 0.15) is 5.75 Å². The summed E-state index contributed by atoms with van der Waals surface area (Å²) in [4.78, 5) is 6.81. The molecule has 0 saturated carbocycles. The summed E-state index contributed by atoms with van der Waals surface area (Å²) in [6.07, 6.45) is 0.627. The molecule has 0 aliphatic carbocycles. The lowest BCUT2D eigenvalue weighted by molar-refractivity contribution is 0.179. The first kappa shape index (κ1) is 12.8. The monoisotopic (exact) mass is 286 g/mol. The van der Waals surface area contributed by atoms with Gasteiger partial charge >= 0.3 is 0 Å². The first-order valence-corrected chi connectivity index (χ1v) is 7.30. The van der Waals surface area contributed by atoms with E-state index in [0.29, 0.717) is 5.89 Å². The molecule has 2 aliphatic rings. The molecule has 1 fully saturated rings. The fourth-order valence-electron chi connectivity index (χ4n) is 2.93. The summed E-state index contributed by atoms with van der Waals surface area (Å²) < 4.78 is 11.3. The third-order valence-corrected chi connectivity index (χ3v) is 4.19.